The number of nitrogens with two attached hydrogens (primary N) is 1. The highest BCUT2D eigenvalue weighted by molar-refractivity contribution is 7.14. The number of benzene rings is 2. The fourth-order valence-electron chi connectivity index (χ4n) is 3.70. The van der Waals surface area contributed by atoms with Crippen molar-refractivity contribution in [1.29, 1.82) is 0 Å². The van der Waals surface area contributed by atoms with Crippen LogP contribution in [-0.4, -0.2) is 45.4 Å². The number of hydrogen-bond donors (Lipinski definition) is 4. The monoisotopic (exact) mass is 434 g/mol. The number of fused-ring (bicyclic) bond motifs is 1. The second-order valence-electron chi connectivity index (χ2n) is 7.47. The fraction of sp³-hybridized carbons (Fsp3) is 0.238. The van der Waals surface area contributed by atoms with E-state index in [2.05, 4.69) is 35.9 Å². The Hall–Kier alpha value is -3.50. The molecule has 158 valence electrons. The molecule has 10 heteroatoms. The number of aromatic amines is 1. The van der Waals surface area contributed by atoms with Gasteiger partial charge in [-0.3, -0.25) is 9.89 Å². The van der Waals surface area contributed by atoms with Gasteiger partial charge in [-0.15, -0.1) is 16.4 Å². The van der Waals surface area contributed by atoms with Crippen LogP contribution in [0.3, 0.4) is 0 Å². The summed E-state index contributed by atoms with van der Waals surface area (Å²) in [4.78, 5) is 19.6. The van der Waals surface area contributed by atoms with E-state index < -0.39 is 0 Å². The summed E-state index contributed by atoms with van der Waals surface area (Å²) in [5, 5.41) is 19.3. The van der Waals surface area contributed by atoms with Gasteiger partial charge in [0.05, 0.1) is 22.6 Å². The SMILES string of the molecule is NC1CCN(c2ccccc2NC(=O)c2csc(Nc3cccc4[nH]nnc34)n2)CC1. The minimum atomic E-state index is -0.245. The molecule has 0 bridgehead atoms. The summed E-state index contributed by atoms with van der Waals surface area (Å²) >= 11 is 1.36. The molecule has 3 heterocycles. The van der Waals surface area contributed by atoms with Gasteiger partial charge >= 0.3 is 0 Å². The molecule has 0 aliphatic carbocycles. The normalized spacial score (nSPS) is 14.7. The Morgan fingerprint density at radius 1 is 1.13 bits per heavy atom. The van der Waals surface area contributed by atoms with Gasteiger partial charge in [-0.2, -0.15) is 0 Å². The number of aromatic nitrogens is 4. The number of carbonyl (C=O) groups is 1. The molecule has 0 spiro atoms. The topological polar surface area (TPSA) is 125 Å². The van der Waals surface area contributed by atoms with E-state index in [0.717, 1.165) is 54.0 Å². The van der Waals surface area contributed by atoms with Crippen LogP contribution in [-0.2, 0) is 0 Å². The second-order valence-corrected chi connectivity index (χ2v) is 8.33. The summed E-state index contributed by atoms with van der Waals surface area (Å²) in [5.74, 6) is -0.245. The first-order chi connectivity index (χ1) is 15.2. The average molecular weight is 435 g/mol. The molecule has 9 nitrogen and oxygen atoms in total. The number of nitrogens with one attached hydrogen (secondary N) is 3. The zero-order valence-electron chi connectivity index (χ0n) is 16.7. The van der Waals surface area contributed by atoms with Crippen LogP contribution in [0.1, 0.15) is 23.3 Å². The van der Waals surface area contributed by atoms with Gasteiger partial charge in [-0.25, -0.2) is 4.98 Å². The van der Waals surface area contributed by atoms with E-state index in [0.29, 0.717) is 10.8 Å². The Balaban J connectivity index is 1.31. The molecule has 1 fully saturated rings. The van der Waals surface area contributed by atoms with Gasteiger partial charge in [0.25, 0.3) is 5.91 Å². The zero-order chi connectivity index (χ0) is 21.2. The summed E-state index contributed by atoms with van der Waals surface area (Å²) < 4.78 is 0. The molecular formula is C21H22N8OS. The lowest BCUT2D eigenvalue weighted by Crippen LogP contribution is -2.40. The first-order valence-corrected chi connectivity index (χ1v) is 11.0. The highest BCUT2D eigenvalue weighted by Crippen LogP contribution is 2.29. The number of anilines is 4. The van der Waals surface area contributed by atoms with Crippen molar-refractivity contribution in [3.63, 3.8) is 0 Å². The lowest BCUT2D eigenvalue weighted by Gasteiger charge is -2.33. The minimum Gasteiger partial charge on any atom is -0.370 e. The molecule has 4 aromatic rings. The van der Waals surface area contributed by atoms with Crippen molar-refractivity contribution in [2.75, 3.05) is 28.6 Å². The minimum absolute atomic E-state index is 0.245. The van der Waals surface area contributed by atoms with Crippen LogP contribution in [0.15, 0.2) is 47.8 Å². The summed E-state index contributed by atoms with van der Waals surface area (Å²) in [6.07, 6.45) is 1.89. The van der Waals surface area contributed by atoms with Crippen molar-refractivity contribution in [3.05, 3.63) is 53.5 Å². The van der Waals surface area contributed by atoms with Crippen molar-refractivity contribution >= 4 is 50.5 Å². The van der Waals surface area contributed by atoms with Crippen LogP contribution < -0.4 is 21.3 Å². The van der Waals surface area contributed by atoms with Crippen LogP contribution in [0.2, 0.25) is 0 Å². The van der Waals surface area contributed by atoms with Gasteiger partial charge in [0, 0.05) is 24.5 Å². The number of para-hydroxylation sites is 2. The molecule has 1 amide bonds. The Morgan fingerprint density at radius 3 is 2.81 bits per heavy atom. The molecule has 2 aromatic heterocycles. The molecular weight excluding hydrogens is 412 g/mol. The Bertz CT molecular complexity index is 1210. The fourth-order valence-corrected chi connectivity index (χ4v) is 4.41. The number of carbonyl (C=O) groups excluding carboxylic acids is 1. The third kappa shape index (κ3) is 4.07. The quantitative estimate of drug-likeness (QED) is 0.380. The van der Waals surface area contributed by atoms with Crippen molar-refractivity contribution in [1.82, 2.24) is 20.4 Å². The zero-order valence-corrected chi connectivity index (χ0v) is 17.5. The third-order valence-electron chi connectivity index (χ3n) is 5.37. The van der Waals surface area contributed by atoms with E-state index in [1.807, 2.05) is 42.5 Å². The number of piperidine rings is 1. The van der Waals surface area contributed by atoms with Crippen molar-refractivity contribution in [3.8, 4) is 0 Å². The van der Waals surface area contributed by atoms with Crippen molar-refractivity contribution in [2.45, 2.75) is 18.9 Å². The molecule has 0 atom stereocenters. The molecule has 5 N–H and O–H groups in total. The van der Waals surface area contributed by atoms with Gasteiger partial charge in [0.2, 0.25) is 0 Å². The lowest BCUT2D eigenvalue weighted by molar-refractivity contribution is 0.102. The van der Waals surface area contributed by atoms with Gasteiger partial charge in [-0.1, -0.05) is 23.4 Å². The van der Waals surface area contributed by atoms with Crippen LogP contribution in [0, 0.1) is 0 Å². The van der Waals surface area contributed by atoms with Gasteiger partial charge in [-0.05, 0) is 37.1 Å². The Kier molecular flexibility index (Phi) is 5.23. The summed E-state index contributed by atoms with van der Waals surface area (Å²) in [6.45, 7) is 1.76. The maximum Gasteiger partial charge on any atom is 0.275 e. The maximum atomic E-state index is 12.9. The predicted molar refractivity (Wildman–Crippen MR) is 123 cm³/mol. The smallest absolute Gasteiger partial charge is 0.275 e. The van der Waals surface area contributed by atoms with Gasteiger partial charge < -0.3 is 21.3 Å². The van der Waals surface area contributed by atoms with E-state index in [9.17, 15) is 4.79 Å². The Labute approximate surface area is 182 Å². The maximum absolute atomic E-state index is 12.9. The molecule has 2 aromatic carbocycles. The average Bonchev–Trinajstić information content (AvgIpc) is 3.45. The van der Waals surface area contributed by atoms with E-state index in [1.165, 1.54) is 11.3 Å². The number of nitrogens with zero attached hydrogens (tertiary/aromatic N) is 4. The first-order valence-electron chi connectivity index (χ1n) is 10.1. The van der Waals surface area contributed by atoms with Crippen LogP contribution in [0.25, 0.3) is 11.0 Å². The molecule has 1 aliphatic rings. The van der Waals surface area contributed by atoms with E-state index in [1.54, 1.807) is 5.38 Å². The Morgan fingerprint density at radius 2 is 1.94 bits per heavy atom. The van der Waals surface area contributed by atoms with Crippen molar-refractivity contribution < 1.29 is 4.79 Å². The lowest BCUT2D eigenvalue weighted by atomic mass is 10.0. The van der Waals surface area contributed by atoms with Crippen LogP contribution in [0.4, 0.5) is 22.2 Å². The third-order valence-corrected chi connectivity index (χ3v) is 6.13. The first kappa shape index (κ1) is 19.5. The summed E-state index contributed by atoms with van der Waals surface area (Å²) in [6, 6.07) is 13.8. The molecule has 0 saturated carbocycles. The highest BCUT2D eigenvalue weighted by Gasteiger charge is 2.20. The largest absolute Gasteiger partial charge is 0.370 e. The molecule has 31 heavy (non-hydrogen) atoms. The molecule has 5 rings (SSSR count). The van der Waals surface area contributed by atoms with Crippen molar-refractivity contribution in [2.24, 2.45) is 5.73 Å². The van der Waals surface area contributed by atoms with Gasteiger partial charge in [0.1, 0.15) is 11.2 Å². The highest BCUT2D eigenvalue weighted by atomic mass is 32.1. The van der Waals surface area contributed by atoms with Crippen LogP contribution in [0.5, 0.6) is 0 Å². The predicted octanol–water partition coefficient (Wildman–Crippen LogP) is 3.34. The van der Waals surface area contributed by atoms with E-state index >= 15 is 0 Å². The summed E-state index contributed by atoms with van der Waals surface area (Å²) in [5.41, 5.74) is 10.5. The molecule has 0 radical (unpaired) electrons. The number of H-pyrrole nitrogens is 1. The molecule has 1 saturated heterocycles. The number of hydrogen-bond acceptors (Lipinski definition) is 8. The molecule has 0 unspecified atom stereocenters. The summed E-state index contributed by atoms with van der Waals surface area (Å²) in [7, 11) is 0. The second kappa shape index (κ2) is 8.32. The van der Waals surface area contributed by atoms with Gasteiger partial charge in [0.15, 0.2) is 5.13 Å². The number of rotatable bonds is 5. The van der Waals surface area contributed by atoms with Crippen LogP contribution >= 0.6 is 11.3 Å². The van der Waals surface area contributed by atoms with E-state index in [4.69, 9.17) is 5.73 Å². The standard InChI is InChI=1S/C21H22N8OS/c22-13-8-10-29(11-9-13)18-7-2-1-4-14(18)23-20(30)17-12-31-21(25-17)24-15-5-3-6-16-19(15)27-28-26-16/h1-7,12-13H,8-11,22H2,(H,23,30)(H,24,25)(H,26,27,28). The van der Waals surface area contributed by atoms with E-state index in [-0.39, 0.29) is 11.9 Å². The number of thiazole rings is 1. The number of amides is 1. The molecule has 1 aliphatic heterocycles.